The highest BCUT2D eigenvalue weighted by molar-refractivity contribution is 8.33. The van der Waals surface area contributed by atoms with Gasteiger partial charge >= 0.3 is 15.6 Å². The molecule has 0 aliphatic carbocycles. The number of ether oxygens (including phenoxy) is 1. The number of rotatable bonds is 15. The van der Waals surface area contributed by atoms with Gasteiger partial charge in [-0.3, -0.25) is 0 Å². The van der Waals surface area contributed by atoms with Gasteiger partial charge < -0.3 is 4.74 Å². The van der Waals surface area contributed by atoms with Gasteiger partial charge in [-0.1, -0.05) is 88.3 Å². The monoisotopic (exact) mass is 568 g/mol. The lowest BCUT2D eigenvalue weighted by atomic mass is 10.1. The molecular weight excluding hydrogens is 533 g/mol. The molecule has 0 atom stereocenters. The summed E-state index contributed by atoms with van der Waals surface area (Å²) >= 11 is 0. The lowest BCUT2D eigenvalue weighted by Gasteiger charge is -2.39. The summed E-state index contributed by atoms with van der Waals surface area (Å²) in [7, 11) is -9.23. The molecule has 0 amide bonds. The molecule has 9 heteroatoms. The van der Waals surface area contributed by atoms with Crippen LogP contribution in [-0.4, -0.2) is 20.5 Å². The first-order chi connectivity index (χ1) is 18.2. The van der Waals surface area contributed by atoms with Gasteiger partial charge in [-0.2, -0.15) is 25.2 Å². The molecule has 0 fully saturated rings. The Balaban J connectivity index is 1.85. The van der Waals surface area contributed by atoms with Crippen molar-refractivity contribution < 1.29 is 30.0 Å². The quantitative estimate of drug-likeness (QED) is 0.135. The smallest absolute Gasteiger partial charge is 0.494 e. The van der Waals surface area contributed by atoms with E-state index in [0.29, 0.717) is 27.0 Å². The van der Waals surface area contributed by atoms with Gasteiger partial charge in [0.1, 0.15) is 5.75 Å². The Morgan fingerprint density at radius 3 is 1.55 bits per heavy atom. The zero-order valence-corrected chi connectivity index (χ0v) is 23.2. The Morgan fingerprint density at radius 1 is 0.632 bits per heavy atom. The van der Waals surface area contributed by atoms with Crippen LogP contribution in [0.1, 0.15) is 58.3 Å². The van der Waals surface area contributed by atoms with Crippen LogP contribution in [0.2, 0.25) is 0 Å². The average molecular weight is 569 g/mol. The average Bonchev–Trinajstić information content (AvgIpc) is 2.91. The maximum Gasteiger partial charge on any atom is 0.524 e. The highest BCUT2D eigenvalue weighted by Gasteiger charge is 2.52. The second-order valence-electron chi connectivity index (χ2n) is 8.94. The molecule has 0 radical (unpaired) electrons. The number of benzene rings is 3. The fourth-order valence-electron chi connectivity index (χ4n) is 4.08. The minimum Gasteiger partial charge on any atom is -0.494 e. The summed E-state index contributed by atoms with van der Waals surface area (Å²) in [6, 6.07) is 22.8. The van der Waals surface area contributed by atoms with E-state index in [1.165, 1.54) is 32.1 Å². The van der Waals surface area contributed by atoms with E-state index in [1.807, 2.05) is 0 Å². The van der Waals surface area contributed by atoms with E-state index in [0.717, 1.165) is 19.3 Å². The fourth-order valence-corrected chi connectivity index (χ4v) is 8.82. The van der Waals surface area contributed by atoms with Gasteiger partial charge in [0.25, 0.3) is 0 Å². The van der Waals surface area contributed by atoms with E-state index in [-0.39, 0.29) is 0 Å². The lowest BCUT2D eigenvalue weighted by molar-refractivity contribution is -0.0496. The predicted octanol–water partition coefficient (Wildman–Crippen LogP) is 9.27. The number of halogens is 3. The molecular formula is C29H35F3O4S2. The van der Waals surface area contributed by atoms with Gasteiger partial charge in [0, 0.05) is 14.7 Å². The topological polar surface area (TPSA) is 52.6 Å². The van der Waals surface area contributed by atoms with E-state index in [4.69, 9.17) is 8.37 Å². The van der Waals surface area contributed by atoms with Gasteiger partial charge in [0.15, 0.2) is 0 Å². The summed E-state index contributed by atoms with van der Waals surface area (Å²) in [5.41, 5.74) is -5.58. The number of unbranched alkanes of at least 4 members (excludes halogenated alkanes) is 7. The van der Waals surface area contributed by atoms with Crippen LogP contribution in [0.25, 0.3) is 0 Å². The van der Waals surface area contributed by atoms with Gasteiger partial charge in [-0.05, 0) is 65.3 Å². The third-order valence-corrected chi connectivity index (χ3v) is 11.0. The zero-order valence-electron chi connectivity index (χ0n) is 21.5. The van der Waals surface area contributed by atoms with E-state index >= 15 is 0 Å². The van der Waals surface area contributed by atoms with Gasteiger partial charge in [-0.25, -0.2) is 0 Å². The Labute approximate surface area is 225 Å². The maximum absolute atomic E-state index is 13.6. The molecule has 0 bridgehead atoms. The van der Waals surface area contributed by atoms with Crippen LogP contribution >= 0.6 is 10.3 Å². The third-order valence-electron chi connectivity index (χ3n) is 6.05. The van der Waals surface area contributed by atoms with Crippen LogP contribution in [-0.2, 0) is 13.7 Å². The molecule has 0 aliphatic rings. The summed E-state index contributed by atoms with van der Waals surface area (Å²) in [5.74, 6) is 0.560. The lowest BCUT2D eigenvalue weighted by Crippen LogP contribution is -2.27. The van der Waals surface area contributed by atoms with Crippen LogP contribution in [0.5, 0.6) is 5.75 Å². The molecule has 4 nitrogen and oxygen atoms in total. The molecule has 0 N–H and O–H groups in total. The predicted molar refractivity (Wildman–Crippen MR) is 146 cm³/mol. The summed E-state index contributed by atoms with van der Waals surface area (Å²) in [6.07, 6.45) is 9.42. The van der Waals surface area contributed by atoms with Crippen LogP contribution in [0.15, 0.2) is 99.6 Å². The third kappa shape index (κ3) is 7.77. The van der Waals surface area contributed by atoms with Gasteiger partial charge in [-0.15, -0.1) is 0 Å². The molecule has 0 heterocycles. The zero-order chi connectivity index (χ0) is 27.5. The van der Waals surface area contributed by atoms with Crippen LogP contribution in [0.3, 0.4) is 0 Å². The Kier molecular flexibility index (Phi) is 11.1. The number of alkyl halides is 3. The minimum absolute atomic E-state index is 0.308. The molecule has 0 unspecified atom stereocenters. The van der Waals surface area contributed by atoms with Crippen molar-refractivity contribution in [3.8, 4) is 5.75 Å². The largest absolute Gasteiger partial charge is 0.524 e. The Hall–Kier alpha value is -2.49. The van der Waals surface area contributed by atoms with Crippen LogP contribution in [0, 0.1) is 0 Å². The number of hydrogen-bond acceptors (Lipinski definition) is 4. The molecule has 3 rings (SSSR count). The van der Waals surface area contributed by atoms with E-state index < -0.39 is 25.9 Å². The second-order valence-corrected chi connectivity index (χ2v) is 13.4. The molecule has 208 valence electrons. The van der Waals surface area contributed by atoms with E-state index in [2.05, 4.69) is 6.92 Å². The van der Waals surface area contributed by atoms with Crippen molar-refractivity contribution in [3.05, 3.63) is 84.9 Å². The van der Waals surface area contributed by atoms with Crippen LogP contribution in [0.4, 0.5) is 13.2 Å². The highest BCUT2D eigenvalue weighted by Crippen LogP contribution is 2.70. The SMILES string of the molecule is CCCCCCCCCCOc1ccc(S(OS(=O)(=O)C(F)(F)F)(c2ccccc2)c2ccccc2)cc1. The molecule has 3 aromatic rings. The fraction of sp³-hybridized carbons (Fsp3) is 0.379. The Morgan fingerprint density at radius 2 is 1.08 bits per heavy atom. The van der Waals surface area contributed by atoms with Gasteiger partial charge in [0.2, 0.25) is 0 Å². The summed E-state index contributed by atoms with van der Waals surface area (Å²) in [5, 5.41) is 0. The molecule has 3 aromatic carbocycles. The molecule has 0 saturated carbocycles. The molecule has 0 aliphatic heterocycles. The van der Waals surface area contributed by atoms with E-state index in [9.17, 15) is 21.6 Å². The van der Waals surface area contributed by atoms with Crippen molar-refractivity contribution >= 4 is 20.4 Å². The van der Waals surface area contributed by atoms with Crippen molar-refractivity contribution in [3.63, 3.8) is 0 Å². The van der Waals surface area contributed by atoms with Gasteiger partial charge in [0.05, 0.1) is 6.61 Å². The first-order valence-electron chi connectivity index (χ1n) is 12.9. The van der Waals surface area contributed by atoms with E-state index in [1.54, 1.807) is 84.9 Å². The first kappa shape index (κ1) is 30.1. The second kappa shape index (κ2) is 14.1. The summed E-state index contributed by atoms with van der Waals surface area (Å²) < 4.78 is 76.6. The highest BCUT2D eigenvalue weighted by atomic mass is 32.3. The standard InChI is InChI=1S/C29H35F3O4S2/c1-2-3-4-5-6-7-8-15-24-35-25-20-22-28(23-21-25)37(26-16-11-9-12-17-26,27-18-13-10-14-19-27)36-38(33,34)29(30,31)32/h9-14,16-23H,2-8,15,24H2,1H3. The first-order valence-corrected chi connectivity index (χ1v) is 15.9. The summed E-state index contributed by atoms with van der Waals surface area (Å²) in [4.78, 5) is 0.959. The Bertz CT molecular complexity index is 1160. The molecule has 0 saturated heterocycles. The van der Waals surface area contributed by atoms with Crippen molar-refractivity contribution in [2.75, 3.05) is 6.61 Å². The van der Waals surface area contributed by atoms with Crippen molar-refractivity contribution in [1.29, 1.82) is 0 Å². The van der Waals surface area contributed by atoms with Crippen molar-refractivity contribution in [2.24, 2.45) is 0 Å². The normalized spacial score (nSPS) is 12.8. The summed E-state index contributed by atoms with van der Waals surface area (Å²) in [6.45, 7) is 2.73. The maximum atomic E-state index is 13.6. The van der Waals surface area contributed by atoms with Crippen molar-refractivity contribution in [1.82, 2.24) is 0 Å². The van der Waals surface area contributed by atoms with Crippen LogP contribution < -0.4 is 4.74 Å². The van der Waals surface area contributed by atoms with Crippen molar-refractivity contribution in [2.45, 2.75) is 78.5 Å². The number of hydrogen-bond donors (Lipinski definition) is 0. The molecule has 38 heavy (non-hydrogen) atoms. The molecule has 0 aromatic heterocycles. The molecule has 0 spiro atoms. The minimum atomic E-state index is -5.93.